The number of hydrogen-bond donors (Lipinski definition) is 1. The van der Waals surface area contributed by atoms with Crippen LogP contribution in [0.25, 0.3) is 22.1 Å². The van der Waals surface area contributed by atoms with E-state index in [9.17, 15) is 4.79 Å². The second-order valence-corrected chi connectivity index (χ2v) is 6.37. The highest BCUT2D eigenvalue weighted by atomic mass is 16.2. The van der Waals surface area contributed by atoms with Crippen LogP contribution in [0, 0.1) is 6.92 Å². The van der Waals surface area contributed by atoms with Crippen molar-refractivity contribution >= 4 is 28.0 Å². The first kappa shape index (κ1) is 16.3. The molecular formula is C19H20N6O. The molecule has 7 nitrogen and oxygen atoms in total. The van der Waals surface area contributed by atoms with Gasteiger partial charge in [-0.2, -0.15) is 5.10 Å². The zero-order chi connectivity index (χ0) is 18.3. The maximum absolute atomic E-state index is 12.9. The molecule has 0 unspecified atom stereocenters. The van der Waals surface area contributed by atoms with E-state index in [2.05, 4.69) is 32.7 Å². The van der Waals surface area contributed by atoms with E-state index in [4.69, 9.17) is 4.98 Å². The van der Waals surface area contributed by atoms with Crippen LogP contribution in [0.3, 0.4) is 0 Å². The first-order valence-electron chi connectivity index (χ1n) is 8.58. The highest BCUT2D eigenvalue weighted by Gasteiger charge is 2.18. The van der Waals surface area contributed by atoms with Crippen LogP contribution in [-0.4, -0.2) is 42.6 Å². The molecule has 0 atom stereocenters. The average molecular weight is 348 g/mol. The van der Waals surface area contributed by atoms with Crippen LogP contribution in [0.5, 0.6) is 0 Å². The van der Waals surface area contributed by atoms with Crippen molar-refractivity contribution < 1.29 is 4.79 Å². The van der Waals surface area contributed by atoms with Gasteiger partial charge in [-0.3, -0.25) is 9.89 Å². The Hall–Kier alpha value is -3.22. The maximum atomic E-state index is 12.9. The highest BCUT2D eigenvalue weighted by molar-refractivity contribution is 5.97. The Kier molecular flexibility index (Phi) is 3.91. The van der Waals surface area contributed by atoms with Crippen molar-refractivity contribution in [1.29, 1.82) is 0 Å². The lowest BCUT2D eigenvalue weighted by Gasteiger charge is -2.17. The average Bonchev–Trinajstić information content (AvgIpc) is 3.20. The summed E-state index contributed by atoms with van der Waals surface area (Å²) in [6.45, 7) is 5.24. The molecule has 1 amide bonds. The Morgan fingerprint density at radius 2 is 2.12 bits per heavy atom. The minimum absolute atomic E-state index is 0.0882. The second-order valence-electron chi connectivity index (χ2n) is 6.37. The summed E-state index contributed by atoms with van der Waals surface area (Å²) in [5, 5.41) is 7.86. The van der Waals surface area contributed by atoms with Crippen LogP contribution in [-0.2, 0) is 13.1 Å². The minimum atomic E-state index is -0.0882. The number of pyridine rings is 1. The number of amides is 1. The number of fused-ring (bicyclic) bond motifs is 2. The number of rotatable bonds is 4. The van der Waals surface area contributed by atoms with Gasteiger partial charge in [0.05, 0.1) is 23.1 Å². The minimum Gasteiger partial charge on any atom is -0.334 e. The van der Waals surface area contributed by atoms with Crippen LogP contribution in [0.4, 0.5) is 0 Å². The lowest BCUT2D eigenvalue weighted by molar-refractivity contribution is 0.0780. The number of H-pyrrole nitrogens is 1. The molecule has 1 aromatic carbocycles. The van der Waals surface area contributed by atoms with Crippen LogP contribution >= 0.6 is 0 Å². The number of benzene rings is 1. The second kappa shape index (κ2) is 6.25. The van der Waals surface area contributed by atoms with Crippen molar-refractivity contribution in [3.8, 4) is 0 Å². The van der Waals surface area contributed by atoms with Gasteiger partial charge in [-0.25, -0.2) is 9.97 Å². The van der Waals surface area contributed by atoms with Gasteiger partial charge >= 0.3 is 0 Å². The summed E-state index contributed by atoms with van der Waals surface area (Å²) in [6.07, 6.45) is 1.57. The fourth-order valence-electron chi connectivity index (χ4n) is 3.24. The number of hydrogen-bond acceptors (Lipinski definition) is 4. The van der Waals surface area contributed by atoms with E-state index >= 15 is 0 Å². The molecule has 0 aliphatic heterocycles. The molecular weight excluding hydrogens is 328 g/mol. The number of para-hydroxylation sites is 2. The van der Waals surface area contributed by atoms with Gasteiger partial charge in [-0.05, 0) is 32.0 Å². The molecule has 4 aromatic rings. The summed E-state index contributed by atoms with van der Waals surface area (Å²) in [4.78, 5) is 23.5. The molecule has 0 saturated heterocycles. The molecule has 0 spiro atoms. The maximum Gasteiger partial charge on any atom is 0.255 e. The predicted molar refractivity (Wildman–Crippen MR) is 99.8 cm³/mol. The normalized spacial score (nSPS) is 11.3. The highest BCUT2D eigenvalue weighted by Crippen LogP contribution is 2.19. The van der Waals surface area contributed by atoms with Crippen molar-refractivity contribution in [3.05, 3.63) is 53.6 Å². The molecule has 1 N–H and O–H groups in total. The standard InChI is InChI=1S/C19H20N6O/c1-4-25-16-8-6-5-7-15(16)21-17(25)11-24(3)19(26)13-9-14-12(2)22-23-18(14)20-10-13/h5-10H,4,11H2,1-3H3,(H,20,22,23). The number of aromatic amines is 1. The molecule has 3 heterocycles. The summed E-state index contributed by atoms with van der Waals surface area (Å²) in [6, 6.07) is 9.86. The zero-order valence-corrected chi connectivity index (χ0v) is 15.0. The molecule has 0 aliphatic carbocycles. The molecule has 0 bridgehead atoms. The van der Waals surface area contributed by atoms with E-state index in [1.54, 1.807) is 18.1 Å². The van der Waals surface area contributed by atoms with Gasteiger partial charge in [0.1, 0.15) is 5.82 Å². The van der Waals surface area contributed by atoms with Crippen LogP contribution < -0.4 is 0 Å². The molecule has 7 heteroatoms. The largest absolute Gasteiger partial charge is 0.334 e. The summed E-state index contributed by atoms with van der Waals surface area (Å²) in [7, 11) is 1.79. The molecule has 26 heavy (non-hydrogen) atoms. The van der Waals surface area contributed by atoms with Gasteiger partial charge in [-0.1, -0.05) is 12.1 Å². The quantitative estimate of drug-likeness (QED) is 0.615. The number of aryl methyl sites for hydroxylation is 2. The van der Waals surface area contributed by atoms with Gasteiger partial charge in [-0.15, -0.1) is 0 Å². The zero-order valence-electron chi connectivity index (χ0n) is 15.0. The van der Waals surface area contributed by atoms with E-state index < -0.39 is 0 Å². The molecule has 4 rings (SSSR count). The van der Waals surface area contributed by atoms with Crippen molar-refractivity contribution in [2.24, 2.45) is 0 Å². The summed E-state index contributed by atoms with van der Waals surface area (Å²) in [5.41, 5.74) is 4.10. The Balaban J connectivity index is 1.63. The fraction of sp³-hybridized carbons (Fsp3) is 0.263. The van der Waals surface area contributed by atoms with Gasteiger partial charge in [0, 0.05) is 30.9 Å². The third-order valence-corrected chi connectivity index (χ3v) is 4.62. The number of nitrogens with one attached hydrogen (secondary N) is 1. The van der Waals surface area contributed by atoms with Crippen LogP contribution in [0.15, 0.2) is 36.5 Å². The van der Waals surface area contributed by atoms with Crippen molar-refractivity contribution in [1.82, 2.24) is 29.6 Å². The molecule has 3 aromatic heterocycles. The van der Waals surface area contributed by atoms with Gasteiger partial charge in [0.25, 0.3) is 5.91 Å². The van der Waals surface area contributed by atoms with E-state index in [0.717, 1.165) is 34.5 Å². The Morgan fingerprint density at radius 1 is 1.31 bits per heavy atom. The third kappa shape index (κ3) is 2.61. The number of nitrogens with zero attached hydrogens (tertiary/aromatic N) is 5. The SMILES string of the molecule is CCn1c(CN(C)C(=O)c2cnc3n[nH]c(C)c3c2)nc2ccccc21. The van der Waals surface area contributed by atoms with Gasteiger partial charge < -0.3 is 9.47 Å². The van der Waals surface area contributed by atoms with Crippen molar-refractivity contribution in [3.63, 3.8) is 0 Å². The van der Waals surface area contributed by atoms with Gasteiger partial charge in [0.15, 0.2) is 5.65 Å². The predicted octanol–water partition coefficient (Wildman–Crippen LogP) is 2.91. The fourth-order valence-corrected chi connectivity index (χ4v) is 3.24. The first-order valence-corrected chi connectivity index (χ1v) is 8.58. The monoisotopic (exact) mass is 348 g/mol. The number of carbonyl (C=O) groups excluding carboxylic acids is 1. The van der Waals surface area contributed by atoms with Gasteiger partial charge in [0.2, 0.25) is 0 Å². The molecule has 0 radical (unpaired) electrons. The van der Waals surface area contributed by atoms with E-state index in [1.807, 2.05) is 31.2 Å². The topological polar surface area (TPSA) is 79.7 Å². The van der Waals surface area contributed by atoms with Crippen molar-refractivity contribution in [2.45, 2.75) is 26.9 Å². The molecule has 0 saturated carbocycles. The Bertz CT molecular complexity index is 1110. The van der Waals surface area contributed by atoms with E-state index in [1.165, 1.54) is 0 Å². The third-order valence-electron chi connectivity index (χ3n) is 4.62. The number of imidazole rings is 1. The summed E-state index contributed by atoms with van der Waals surface area (Å²) in [5.74, 6) is 0.785. The Labute approximate surface area is 150 Å². The lowest BCUT2D eigenvalue weighted by Crippen LogP contribution is -2.27. The van der Waals surface area contributed by atoms with Crippen LogP contribution in [0.2, 0.25) is 0 Å². The van der Waals surface area contributed by atoms with E-state index in [0.29, 0.717) is 17.8 Å². The molecule has 0 fully saturated rings. The number of carbonyl (C=O) groups is 1. The smallest absolute Gasteiger partial charge is 0.255 e. The lowest BCUT2D eigenvalue weighted by atomic mass is 10.2. The first-order chi connectivity index (χ1) is 12.6. The summed E-state index contributed by atoms with van der Waals surface area (Å²) >= 11 is 0. The Morgan fingerprint density at radius 3 is 2.92 bits per heavy atom. The van der Waals surface area contributed by atoms with Crippen molar-refractivity contribution in [2.75, 3.05) is 7.05 Å². The number of aromatic nitrogens is 5. The summed E-state index contributed by atoms with van der Waals surface area (Å²) < 4.78 is 2.14. The van der Waals surface area contributed by atoms with Crippen LogP contribution in [0.1, 0.15) is 28.8 Å². The van der Waals surface area contributed by atoms with E-state index in [-0.39, 0.29) is 5.91 Å². The molecule has 132 valence electrons. The molecule has 0 aliphatic rings.